The van der Waals surface area contributed by atoms with E-state index in [1.54, 1.807) is 56.6 Å². The highest BCUT2D eigenvalue weighted by Crippen LogP contribution is 2.27. The van der Waals surface area contributed by atoms with Gasteiger partial charge in [0.25, 0.3) is 10.0 Å². The maximum atomic E-state index is 13.6. The first-order valence-corrected chi connectivity index (χ1v) is 12.4. The molecule has 0 atom stereocenters. The van der Waals surface area contributed by atoms with Crippen molar-refractivity contribution in [3.8, 4) is 5.75 Å². The molecule has 0 unspecified atom stereocenters. The smallest absolute Gasteiger partial charge is 0.264 e. The average Bonchev–Trinajstić information content (AvgIpc) is 3.28. The number of sulfonamides is 1. The summed E-state index contributed by atoms with van der Waals surface area (Å²) in [5, 5.41) is 3.83. The number of hydrogen-bond acceptors (Lipinski definition) is 7. The monoisotopic (exact) mass is 486 g/mol. The van der Waals surface area contributed by atoms with Crippen LogP contribution in [0.4, 0.5) is 5.69 Å². The third-order valence-electron chi connectivity index (χ3n) is 5.58. The first-order valence-electron chi connectivity index (χ1n) is 10.9. The van der Waals surface area contributed by atoms with Gasteiger partial charge in [-0.15, -0.1) is 0 Å². The van der Waals surface area contributed by atoms with E-state index in [2.05, 4.69) is 10.1 Å². The lowest BCUT2D eigenvalue weighted by Crippen LogP contribution is -2.36. The minimum atomic E-state index is -3.91. The molecule has 34 heavy (non-hydrogen) atoms. The highest BCUT2D eigenvalue weighted by molar-refractivity contribution is 7.92. The number of aromatic nitrogens is 2. The molecule has 3 rings (SSSR count). The van der Waals surface area contributed by atoms with Crippen LogP contribution in [0.2, 0.25) is 0 Å². The number of methoxy groups -OCH3 is 1. The second-order valence-corrected chi connectivity index (χ2v) is 9.84. The highest BCUT2D eigenvalue weighted by Gasteiger charge is 2.27. The number of amides is 1. The molecule has 1 aromatic heterocycles. The van der Waals surface area contributed by atoms with Gasteiger partial charge in [-0.3, -0.25) is 9.10 Å². The van der Waals surface area contributed by atoms with Crippen LogP contribution in [0.25, 0.3) is 0 Å². The van der Waals surface area contributed by atoms with E-state index >= 15 is 0 Å². The Morgan fingerprint density at radius 3 is 2.38 bits per heavy atom. The van der Waals surface area contributed by atoms with E-state index in [-0.39, 0.29) is 30.3 Å². The summed E-state index contributed by atoms with van der Waals surface area (Å²) < 4.78 is 38.8. The maximum Gasteiger partial charge on any atom is 0.264 e. The van der Waals surface area contributed by atoms with Crippen LogP contribution in [-0.4, -0.2) is 50.1 Å². The third-order valence-corrected chi connectivity index (χ3v) is 7.40. The molecule has 9 nitrogen and oxygen atoms in total. The van der Waals surface area contributed by atoms with Crippen molar-refractivity contribution in [2.24, 2.45) is 0 Å². The minimum Gasteiger partial charge on any atom is -0.497 e. The van der Waals surface area contributed by atoms with Crippen LogP contribution in [0.15, 0.2) is 51.9 Å². The summed E-state index contributed by atoms with van der Waals surface area (Å²) in [7, 11) is -0.752. The number of benzene rings is 2. The summed E-state index contributed by atoms with van der Waals surface area (Å²) in [5.41, 5.74) is 2.32. The molecule has 1 heterocycles. The van der Waals surface area contributed by atoms with E-state index in [1.807, 2.05) is 20.8 Å². The van der Waals surface area contributed by atoms with Crippen molar-refractivity contribution in [2.75, 3.05) is 25.0 Å². The Kier molecular flexibility index (Phi) is 7.93. The van der Waals surface area contributed by atoms with Gasteiger partial charge in [0, 0.05) is 26.4 Å². The van der Waals surface area contributed by atoms with E-state index in [1.165, 1.54) is 9.21 Å². The molecule has 0 fully saturated rings. The molecule has 0 N–H and O–H groups in total. The van der Waals surface area contributed by atoms with Gasteiger partial charge in [-0.25, -0.2) is 8.42 Å². The molecule has 1 amide bonds. The number of nitrogens with zero attached hydrogens (tertiary/aromatic N) is 4. The third kappa shape index (κ3) is 5.74. The van der Waals surface area contributed by atoms with Crippen LogP contribution in [0.1, 0.15) is 36.2 Å². The average molecular weight is 487 g/mol. The van der Waals surface area contributed by atoms with Gasteiger partial charge < -0.3 is 14.2 Å². The van der Waals surface area contributed by atoms with Gasteiger partial charge in [0.2, 0.25) is 11.8 Å². The number of carbonyl (C=O) groups is 1. The Morgan fingerprint density at radius 1 is 1.09 bits per heavy atom. The van der Waals surface area contributed by atoms with Crippen LogP contribution in [0, 0.1) is 13.8 Å². The maximum absolute atomic E-state index is 13.6. The SMILES string of the molecule is CCc1noc(CN(C)C(=O)CCN(c2ccc(OC)cc2)S(=O)(=O)c2ccc(C)c(C)c2)n1. The molecular formula is C24H30N4O5S. The number of carbonyl (C=O) groups excluding carboxylic acids is 1. The van der Waals surface area contributed by atoms with Gasteiger partial charge in [-0.05, 0) is 61.4 Å². The fraction of sp³-hybridized carbons (Fsp3) is 0.375. The van der Waals surface area contributed by atoms with E-state index in [9.17, 15) is 13.2 Å². The molecule has 3 aromatic rings. The molecule has 10 heteroatoms. The van der Waals surface area contributed by atoms with Crippen LogP contribution in [0.3, 0.4) is 0 Å². The van der Waals surface area contributed by atoms with Crippen molar-refractivity contribution >= 4 is 21.6 Å². The van der Waals surface area contributed by atoms with Crippen LogP contribution >= 0.6 is 0 Å². The summed E-state index contributed by atoms with van der Waals surface area (Å²) in [6, 6.07) is 11.7. The zero-order valence-electron chi connectivity index (χ0n) is 20.1. The van der Waals surface area contributed by atoms with Gasteiger partial charge in [0.1, 0.15) is 5.75 Å². The first-order chi connectivity index (χ1) is 16.1. The van der Waals surface area contributed by atoms with E-state index in [0.29, 0.717) is 29.6 Å². The van der Waals surface area contributed by atoms with Gasteiger partial charge in [0.05, 0.1) is 24.2 Å². The lowest BCUT2D eigenvalue weighted by atomic mass is 10.1. The molecule has 0 spiro atoms. The Labute approximate surface area is 200 Å². The molecule has 0 saturated heterocycles. The number of aryl methyl sites for hydroxylation is 3. The summed E-state index contributed by atoms with van der Waals surface area (Å²) in [6.07, 6.45) is 0.607. The summed E-state index contributed by atoms with van der Waals surface area (Å²) in [4.78, 5) is 18.6. The standard InChI is InChI=1S/C24H30N4O5S/c1-6-22-25-23(33-26-22)16-27(4)24(29)13-14-28(19-8-10-20(32-5)11-9-19)34(30,31)21-12-7-17(2)18(3)15-21/h7-12,15H,6,13-14,16H2,1-5H3. The van der Waals surface area contributed by atoms with Crippen LogP contribution < -0.4 is 9.04 Å². The zero-order valence-corrected chi connectivity index (χ0v) is 20.9. The van der Waals surface area contributed by atoms with E-state index < -0.39 is 10.0 Å². The number of anilines is 1. The molecule has 0 aliphatic heterocycles. The zero-order chi connectivity index (χ0) is 24.9. The van der Waals surface area contributed by atoms with Crippen molar-refractivity contribution in [3.63, 3.8) is 0 Å². The first kappa shape index (κ1) is 25.2. The Bertz CT molecular complexity index is 1240. The summed E-state index contributed by atoms with van der Waals surface area (Å²) in [5.74, 6) is 1.27. The second-order valence-electron chi connectivity index (χ2n) is 7.98. The lowest BCUT2D eigenvalue weighted by Gasteiger charge is -2.26. The molecular weight excluding hydrogens is 456 g/mol. The van der Waals surface area contributed by atoms with Gasteiger partial charge >= 0.3 is 0 Å². The highest BCUT2D eigenvalue weighted by atomic mass is 32.2. The van der Waals surface area contributed by atoms with Crippen LogP contribution in [0.5, 0.6) is 5.75 Å². The van der Waals surface area contributed by atoms with Crippen molar-refractivity contribution in [1.82, 2.24) is 15.0 Å². The lowest BCUT2D eigenvalue weighted by molar-refractivity contribution is -0.130. The van der Waals surface area contributed by atoms with Gasteiger partial charge in [-0.1, -0.05) is 18.1 Å². The minimum absolute atomic E-state index is 0.0264. The van der Waals surface area contributed by atoms with E-state index in [4.69, 9.17) is 9.26 Å². The number of rotatable bonds is 10. The Hall–Kier alpha value is -3.40. The van der Waals surface area contributed by atoms with Crippen molar-refractivity contribution in [1.29, 1.82) is 0 Å². The van der Waals surface area contributed by atoms with E-state index in [0.717, 1.165) is 11.1 Å². The van der Waals surface area contributed by atoms with Crippen molar-refractivity contribution in [2.45, 2.75) is 45.1 Å². The van der Waals surface area contributed by atoms with Crippen molar-refractivity contribution in [3.05, 3.63) is 65.3 Å². The predicted molar refractivity (Wildman–Crippen MR) is 128 cm³/mol. The fourth-order valence-electron chi connectivity index (χ4n) is 3.32. The molecule has 182 valence electrons. The Balaban J connectivity index is 1.83. The summed E-state index contributed by atoms with van der Waals surface area (Å²) in [6.45, 7) is 5.82. The molecule has 0 radical (unpaired) electrons. The molecule has 0 bridgehead atoms. The Morgan fingerprint density at radius 2 is 1.79 bits per heavy atom. The largest absolute Gasteiger partial charge is 0.497 e. The molecule has 2 aromatic carbocycles. The fourth-order valence-corrected chi connectivity index (χ4v) is 4.87. The number of ether oxygens (including phenoxy) is 1. The topological polar surface area (TPSA) is 106 Å². The van der Waals surface area contributed by atoms with Gasteiger partial charge in [0.15, 0.2) is 5.82 Å². The van der Waals surface area contributed by atoms with Gasteiger partial charge in [-0.2, -0.15) is 4.98 Å². The summed E-state index contributed by atoms with van der Waals surface area (Å²) >= 11 is 0. The second kappa shape index (κ2) is 10.7. The van der Waals surface area contributed by atoms with Crippen molar-refractivity contribution < 1.29 is 22.5 Å². The molecule has 0 aliphatic carbocycles. The number of hydrogen-bond donors (Lipinski definition) is 0. The van der Waals surface area contributed by atoms with Crippen LogP contribution in [-0.2, 0) is 27.8 Å². The normalized spacial score (nSPS) is 11.3. The quantitative estimate of drug-likeness (QED) is 0.432. The predicted octanol–water partition coefficient (Wildman–Crippen LogP) is 3.50. The molecule has 0 saturated carbocycles. The molecule has 0 aliphatic rings.